The van der Waals surface area contributed by atoms with Gasteiger partial charge in [0.05, 0.1) is 25.2 Å². The average Bonchev–Trinajstić information content (AvgIpc) is 3.33. The van der Waals surface area contributed by atoms with E-state index in [1.165, 1.54) is 24.3 Å². The molecule has 362 valence electrons. The summed E-state index contributed by atoms with van der Waals surface area (Å²) in [7, 11) is 0. The first-order valence-electron chi connectivity index (χ1n) is 21.3. The molecule has 0 aliphatic heterocycles. The van der Waals surface area contributed by atoms with Crippen molar-refractivity contribution in [2.75, 3.05) is 24.6 Å². The van der Waals surface area contributed by atoms with Crippen molar-refractivity contribution in [3.63, 3.8) is 0 Å². The number of hydrogen-bond donors (Lipinski definition) is 14. The third kappa shape index (κ3) is 18.3. The molecule has 6 atom stereocenters. The molecule has 22 heteroatoms. The molecule has 0 unspecified atom stereocenters. The van der Waals surface area contributed by atoms with Crippen LogP contribution in [0.1, 0.15) is 22.3 Å². The van der Waals surface area contributed by atoms with Crippen molar-refractivity contribution >= 4 is 72.5 Å². The molecule has 0 saturated carbocycles. The summed E-state index contributed by atoms with van der Waals surface area (Å²) in [6.45, 7) is -1.22. The first-order valence-corrected chi connectivity index (χ1v) is 22.5. The molecule has 14 N–H and O–H groups in total. The van der Waals surface area contributed by atoms with Gasteiger partial charge in [-0.2, -0.15) is 25.3 Å². The van der Waals surface area contributed by atoms with E-state index in [1.54, 1.807) is 84.9 Å². The molecule has 0 bridgehead atoms. The number of aromatic hydroxyl groups is 2. The van der Waals surface area contributed by atoms with Gasteiger partial charge < -0.3 is 53.6 Å². The predicted molar refractivity (Wildman–Crippen MR) is 258 cm³/mol. The summed E-state index contributed by atoms with van der Waals surface area (Å²) in [6.07, 6.45) is 0.147. The summed E-state index contributed by atoms with van der Waals surface area (Å²) in [6, 6.07) is 22.5. The first-order chi connectivity index (χ1) is 32.5. The van der Waals surface area contributed by atoms with Crippen LogP contribution >= 0.6 is 25.3 Å². The Hall–Kier alpha value is -7.14. The quantitative estimate of drug-likeness (QED) is 0.0274. The molecule has 0 aromatic heterocycles. The van der Waals surface area contributed by atoms with Crippen molar-refractivity contribution in [3.05, 3.63) is 131 Å². The van der Waals surface area contributed by atoms with E-state index in [4.69, 9.17) is 11.5 Å². The van der Waals surface area contributed by atoms with E-state index in [0.29, 0.717) is 22.3 Å². The zero-order chi connectivity index (χ0) is 49.6. The number of carbonyl (C=O) groups excluding carboxylic acids is 8. The van der Waals surface area contributed by atoms with E-state index < -0.39 is 96.6 Å². The highest BCUT2D eigenvalue weighted by Gasteiger charge is 2.28. The van der Waals surface area contributed by atoms with Gasteiger partial charge in [0.25, 0.3) is 11.8 Å². The van der Waals surface area contributed by atoms with E-state index in [-0.39, 0.29) is 48.7 Å². The van der Waals surface area contributed by atoms with Gasteiger partial charge in [0.1, 0.15) is 35.7 Å². The number of nitrogens with two attached hydrogens (primary N) is 2. The van der Waals surface area contributed by atoms with Gasteiger partial charge in [-0.3, -0.25) is 49.2 Å². The minimum atomic E-state index is -1.29. The molecule has 0 aliphatic rings. The second-order valence-corrected chi connectivity index (χ2v) is 16.2. The highest BCUT2D eigenvalue weighted by Crippen LogP contribution is 2.13. The number of hydrogen-bond acceptors (Lipinski definition) is 14. The molecule has 4 aromatic rings. The molecule has 4 aromatic carbocycles. The monoisotopic (exact) mass is 972 g/mol. The summed E-state index contributed by atoms with van der Waals surface area (Å²) < 4.78 is 0. The highest BCUT2D eigenvalue weighted by molar-refractivity contribution is 7.80. The molecule has 0 saturated heterocycles. The molecular weight excluding hydrogens is 917 g/mol. The third-order valence-electron chi connectivity index (χ3n) is 10.1. The molecule has 0 heterocycles. The van der Waals surface area contributed by atoms with Crippen LogP contribution in [0, 0.1) is 0 Å². The SMILES string of the molecule is N[C@@H](Cc1ccc(O)cc1)C(=O)N[C@@H](CS)C(=O)NCC(=O)N[C@@H](Cc1ccccc1)C(=O)NNC(=O)[C@H](Cc1ccccc1)NC(=O)CNC(=O)[C@H](CS)NC(=O)[C@@H](N)Cc1ccc(O)cc1. The van der Waals surface area contributed by atoms with Gasteiger partial charge in [-0.05, 0) is 59.4 Å². The number of carbonyl (C=O) groups is 8. The molecule has 68 heavy (non-hydrogen) atoms. The minimum Gasteiger partial charge on any atom is -0.508 e. The van der Waals surface area contributed by atoms with Crippen LogP contribution in [0.25, 0.3) is 0 Å². The summed E-state index contributed by atoms with van der Waals surface area (Å²) in [4.78, 5) is 105. The molecule has 0 spiro atoms. The van der Waals surface area contributed by atoms with Gasteiger partial charge in [-0.15, -0.1) is 0 Å². The van der Waals surface area contributed by atoms with Crippen LogP contribution in [0.2, 0.25) is 0 Å². The molecule has 20 nitrogen and oxygen atoms in total. The maximum absolute atomic E-state index is 13.6. The van der Waals surface area contributed by atoms with Crippen LogP contribution in [0.5, 0.6) is 11.5 Å². The van der Waals surface area contributed by atoms with Crippen LogP contribution in [0.4, 0.5) is 0 Å². The van der Waals surface area contributed by atoms with E-state index in [0.717, 1.165) is 0 Å². The fraction of sp³-hybridized carbons (Fsp3) is 0.304. The topological polar surface area (TPSA) is 325 Å². The number of phenols is 2. The summed E-state index contributed by atoms with van der Waals surface area (Å²) in [5, 5.41) is 33.9. The fourth-order valence-corrected chi connectivity index (χ4v) is 6.90. The highest BCUT2D eigenvalue weighted by atomic mass is 32.1. The van der Waals surface area contributed by atoms with E-state index >= 15 is 0 Å². The molecule has 0 fully saturated rings. The van der Waals surface area contributed by atoms with Crippen LogP contribution in [0.15, 0.2) is 109 Å². The lowest BCUT2D eigenvalue weighted by atomic mass is 10.0. The van der Waals surface area contributed by atoms with Gasteiger partial charge in [-0.1, -0.05) is 84.9 Å². The number of benzene rings is 4. The summed E-state index contributed by atoms with van der Waals surface area (Å²) in [5.41, 5.74) is 19.3. The fourth-order valence-electron chi connectivity index (χ4n) is 6.39. The number of thiol groups is 2. The zero-order valence-electron chi connectivity index (χ0n) is 36.7. The lowest BCUT2D eigenvalue weighted by Gasteiger charge is -2.23. The van der Waals surface area contributed by atoms with Gasteiger partial charge in [-0.25, -0.2) is 0 Å². The maximum Gasteiger partial charge on any atom is 0.261 e. The summed E-state index contributed by atoms with van der Waals surface area (Å²) in [5.74, 6) is -6.28. The Bertz CT molecular complexity index is 2170. The van der Waals surface area contributed by atoms with Gasteiger partial charge >= 0.3 is 0 Å². The van der Waals surface area contributed by atoms with Crippen LogP contribution in [-0.4, -0.2) is 118 Å². The standard InChI is InChI=1S/C46H56N10O10S2/c47-33(19-29-11-15-31(57)16-12-29)41(61)53-37(25-67)43(63)49-23-39(59)51-35(21-27-7-3-1-4-8-27)45(65)55-56-46(66)36(22-28-9-5-2-6-10-28)52-40(60)24-50-44(64)38(26-68)54-42(62)34(48)20-30-13-17-32(58)18-14-30/h1-18,33-38,57-58,67-68H,19-26,47-48H2,(H,49,63)(H,50,64)(H,51,59)(H,52,60)(H,53,61)(H,54,62)(H,55,65)(H,56,66)/t33-,34-,35-,36-,37-,38-/m0/s1. The van der Waals surface area contributed by atoms with Crippen molar-refractivity contribution in [2.45, 2.75) is 61.9 Å². The van der Waals surface area contributed by atoms with Crippen LogP contribution in [0.3, 0.4) is 0 Å². The largest absolute Gasteiger partial charge is 0.508 e. The molecule has 8 amide bonds. The smallest absolute Gasteiger partial charge is 0.261 e. The second kappa shape index (κ2) is 27.5. The Labute approximate surface area is 403 Å². The van der Waals surface area contributed by atoms with Crippen molar-refractivity contribution in [1.29, 1.82) is 0 Å². The first kappa shape index (κ1) is 53.5. The van der Waals surface area contributed by atoms with Gasteiger partial charge in [0, 0.05) is 24.3 Å². The predicted octanol–water partition coefficient (Wildman–Crippen LogP) is -1.80. The minimum absolute atomic E-state index is 0.0432. The van der Waals surface area contributed by atoms with E-state index in [9.17, 15) is 48.6 Å². The van der Waals surface area contributed by atoms with Crippen molar-refractivity contribution in [1.82, 2.24) is 42.8 Å². The number of phenolic OH excluding ortho intramolecular Hbond substituents is 2. The Morgan fingerprint density at radius 2 is 0.735 bits per heavy atom. The Morgan fingerprint density at radius 3 is 1.06 bits per heavy atom. The van der Waals surface area contributed by atoms with Gasteiger partial charge in [0.2, 0.25) is 35.4 Å². The number of rotatable bonds is 24. The zero-order valence-corrected chi connectivity index (χ0v) is 38.5. The normalized spacial score (nSPS) is 13.4. The van der Waals surface area contributed by atoms with Crippen molar-refractivity contribution in [3.8, 4) is 11.5 Å². The lowest BCUT2D eigenvalue weighted by Crippen LogP contribution is -2.59. The van der Waals surface area contributed by atoms with Crippen molar-refractivity contribution < 1.29 is 48.6 Å². The molecule has 0 aliphatic carbocycles. The Morgan fingerprint density at radius 1 is 0.412 bits per heavy atom. The van der Waals surface area contributed by atoms with Gasteiger partial charge in [0.15, 0.2) is 0 Å². The number of hydrazine groups is 1. The maximum atomic E-state index is 13.6. The Balaban J connectivity index is 1.33. The molecular formula is C46H56N10O10S2. The van der Waals surface area contributed by atoms with E-state index in [2.05, 4.69) is 68.0 Å². The van der Waals surface area contributed by atoms with Crippen molar-refractivity contribution in [2.24, 2.45) is 11.5 Å². The Kier molecular flexibility index (Phi) is 21.6. The summed E-state index contributed by atoms with van der Waals surface area (Å²) >= 11 is 8.31. The third-order valence-corrected chi connectivity index (χ3v) is 10.8. The average molecular weight is 973 g/mol. The lowest BCUT2D eigenvalue weighted by molar-refractivity contribution is -0.134. The van der Waals surface area contributed by atoms with Crippen LogP contribution < -0.4 is 54.2 Å². The second-order valence-electron chi connectivity index (χ2n) is 15.5. The number of amides is 8. The number of nitrogens with one attached hydrogen (secondary N) is 8. The molecule has 4 rings (SSSR count). The van der Waals surface area contributed by atoms with E-state index in [1.807, 2.05) is 0 Å². The molecule has 0 radical (unpaired) electrons. The van der Waals surface area contributed by atoms with Crippen LogP contribution in [-0.2, 0) is 64.0 Å².